The summed E-state index contributed by atoms with van der Waals surface area (Å²) in [6.07, 6.45) is 0.0567. The van der Waals surface area contributed by atoms with Crippen molar-refractivity contribution in [1.29, 1.82) is 0 Å². The van der Waals surface area contributed by atoms with Crippen LogP contribution in [0.4, 0.5) is 4.39 Å². The topological polar surface area (TPSA) is 54.5 Å². The second kappa shape index (κ2) is 6.73. The van der Waals surface area contributed by atoms with Crippen molar-refractivity contribution in [1.82, 2.24) is 4.90 Å². The number of hydrogen-bond acceptors (Lipinski definition) is 3. The number of amides is 1. The molecule has 1 aliphatic heterocycles. The van der Waals surface area contributed by atoms with Crippen LogP contribution in [-0.4, -0.2) is 37.3 Å². The Labute approximate surface area is 140 Å². The molecule has 4 nitrogen and oxygen atoms in total. The Hall–Kier alpha value is -2.21. The summed E-state index contributed by atoms with van der Waals surface area (Å²) in [5.74, 6) is -0.692. The summed E-state index contributed by atoms with van der Waals surface area (Å²) in [7, 11) is -3.18. The van der Waals surface area contributed by atoms with Crippen LogP contribution in [0.15, 0.2) is 54.6 Å². The van der Waals surface area contributed by atoms with Gasteiger partial charge in [-0.25, -0.2) is 12.8 Å². The highest BCUT2D eigenvalue weighted by atomic mass is 32.2. The Morgan fingerprint density at radius 2 is 1.88 bits per heavy atom. The van der Waals surface area contributed by atoms with Crippen LogP contribution >= 0.6 is 0 Å². The van der Waals surface area contributed by atoms with Gasteiger partial charge >= 0.3 is 0 Å². The Morgan fingerprint density at radius 1 is 1.12 bits per heavy atom. The molecule has 0 N–H and O–H groups in total. The molecule has 1 amide bonds. The Morgan fingerprint density at radius 3 is 2.58 bits per heavy atom. The molecule has 126 valence electrons. The van der Waals surface area contributed by atoms with Gasteiger partial charge in [0.25, 0.3) is 0 Å². The van der Waals surface area contributed by atoms with Gasteiger partial charge in [0, 0.05) is 6.54 Å². The van der Waals surface area contributed by atoms with Crippen molar-refractivity contribution < 1.29 is 17.6 Å². The van der Waals surface area contributed by atoms with Gasteiger partial charge in [-0.3, -0.25) is 4.79 Å². The largest absolute Gasteiger partial charge is 0.333 e. The monoisotopic (exact) mass is 347 g/mol. The maximum absolute atomic E-state index is 13.3. The van der Waals surface area contributed by atoms with E-state index in [0.717, 1.165) is 5.56 Å². The highest BCUT2D eigenvalue weighted by molar-refractivity contribution is 7.91. The van der Waals surface area contributed by atoms with Crippen LogP contribution in [0.3, 0.4) is 0 Å². The number of rotatable bonds is 3. The molecule has 1 saturated heterocycles. The van der Waals surface area contributed by atoms with E-state index in [1.54, 1.807) is 17.0 Å². The van der Waals surface area contributed by atoms with Gasteiger partial charge in [-0.1, -0.05) is 42.5 Å². The lowest BCUT2D eigenvalue weighted by Gasteiger charge is -2.36. The zero-order chi connectivity index (χ0) is 17.2. The molecular weight excluding hydrogens is 329 g/mol. The summed E-state index contributed by atoms with van der Waals surface area (Å²) in [6, 6.07) is 14.6. The SMILES string of the molecule is O=C(Cc1cccc(F)c1)N1CCS(=O)(=O)CC1c1ccccc1. The van der Waals surface area contributed by atoms with E-state index < -0.39 is 15.9 Å². The lowest BCUT2D eigenvalue weighted by atomic mass is 10.0. The molecule has 0 saturated carbocycles. The normalized spacial score (nSPS) is 19.9. The zero-order valence-electron chi connectivity index (χ0n) is 13.1. The Bertz CT molecular complexity index is 836. The molecule has 1 heterocycles. The third-order valence-corrected chi connectivity index (χ3v) is 5.81. The van der Waals surface area contributed by atoms with E-state index in [-0.39, 0.29) is 36.2 Å². The summed E-state index contributed by atoms with van der Waals surface area (Å²) in [4.78, 5) is 14.3. The molecule has 0 spiro atoms. The third kappa shape index (κ3) is 3.82. The first-order chi connectivity index (χ1) is 11.4. The molecule has 3 rings (SSSR count). The van der Waals surface area contributed by atoms with Crippen molar-refractivity contribution in [2.45, 2.75) is 12.5 Å². The second-order valence-electron chi connectivity index (χ2n) is 5.93. The standard InChI is InChI=1S/C18H18FNO3S/c19-16-8-4-5-14(11-16)12-18(21)20-9-10-24(22,23)13-17(20)15-6-2-1-3-7-15/h1-8,11,17H,9-10,12-13H2. The van der Waals surface area contributed by atoms with Gasteiger partial charge in [0.05, 0.1) is 24.0 Å². The number of halogens is 1. The van der Waals surface area contributed by atoms with Gasteiger partial charge in [0.2, 0.25) is 5.91 Å². The molecule has 2 aromatic carbocycles. The molecule has 24 heavy (non-hydrogen) atoms. The summed E-state index contributed by atoms with van der Waals surface area (Å²) >= 11 is 0. The molecule has 0 radical (unpaired) electrons. The molecule has 6 heteroatoms. The van der Waals surface area contributed by atoms with Crippen molar-refractivity contribution in [2.75, 3.05) is 18.1 Å². The number of sulfone groups is 1. The minimum absolute atomic E-state index is 0.0365. The molecule has 1 atom stereocenters. The molecule has 0 aliphatic carbocycles. The Kier molecular flexibility index (Phi) is 4.66. The predicted octanol–water partition coefficient (Wildman–Crippen LogP) is 2.37. The summed E-state index contributed by atoms with van der Waals surface area (Å²) in [6.45, 7) is 0.163. The minimum Gasteiger partial charge on any atom is -0.333 e. The van der Waals surface area contributed by atoms with E-state index in [1.165, 1.54) is 12.1 Å². The minimum atomic E-state index is -3.18. The van der Waals surface area contributed by atoms with Gasteiger partial charge in [-0.2, -0.15) is 0 Å². The van der Waals surface area contributed by atoms with Crippen LogP contribution in [0.1, 0.15) is 17.2 Å². The van der Waals surface area contributed by atoms with E-state index in [0.29, 0.717) is 5.56 Å². The lowest BCUT2D eigenvalue weighted by Crippen LogP contribution is -2.46. The quantitative estimate of drug-likeness (QED) is 0.856. The molecule has 2 aromatic rings. The highest BCUT2D eigenvalue weighted by Gasteiger charge is 2.34. The molecule has 1 unspecified atom stereocenters. The van der Waals surface area contributed by atoms with Crippen LogP contribution in [0, 0.1) is 5.82 Å². The van der Waals surface area contributed by atoms with Gasteiger partial charge in [0.1, 0.15) is 5.82 Å². The van der Waals surface area contributed by atoms with E-state index >= 15 is 0 Å². The average molecular weight is 347 g/mol. The fraction of sp³-hybridized carbons (Fsp3) is 0.278. The van der Waals surface area contributed by atoms with Crippen LogP contribution in [0.5, 0.6) is 0 Å². The van der Waals surface area contributed by atoms with Crippen LogP contribution < -0.4 is 0 Å². The molecule has 0 bridgehead atoms. The number of hydrogen-bond donors (Lipinski definition) is 0. The van der Waals surface area contributed by atoms with Gasteiger partial charge in [-0.15, -0.1) is 0 Å². The highest BCUT2D eigenvalue weighted by Crippen LogP contribution is 2.27. The van der Waals surface area contributed by atoms with Crippen molar-refractivity contribution in [3.63, 3.8) is 0 Å². The Balaban J connectivity index is 1.85. The predicted molar refractivity (Wildman–Crippen MR) is 89.7 cm³/mol. The van der Waals surface area contributed by atoms with E-state index in [1.807, 2.05) is 30.3 Å². The van der Waals surface area contributed by atoms with Crippen molar-refractivity contribution in [3.05, 3.63) is 71.5 Å². The fourth-order valence-electron chi connectivity index (χ4n) is 2.98. The molecule has 0 aromatic heterocycles. The maximum atomic E-state index is 13.3. The third-order valence-electron chi connectivity index (χ3n) is 4.18. The number of carbonyl (C=O) groups is 1. The summed E-state index contributed by atoms with van der Waals surface area (Å²) in [5.41, 5.74) is 1.38. The first kappa shape index (κ1) is 16.6. The maximum Gasteiger partial charge on any atom is 0.227 e. The first-order valence-electron chi connectivity index (χ1n) is 7.74. The molecule has 1 aliphatic rings. The first-order valence-corrected chi connectivity index (χ1v) is 9.56. The van der Waals surface area contributed by atoms with Gasteiger partial charge < -0.3 is 4.90 Å². The van der Waals surface area contributed by atoms with E-state index in [2.05, 4.69) is 0 Å². The van der Waals surface area contributed by atoms with Crippen molar-refractivity contribution in [2.24, 2.45) is 0 Å². The van der Waals surface area contributed by atoms with E-state index in [4.69, 9.17) is 0 Å². The van der Waals surface area contributed by atoms with Crippen molar-refractivity contribution >= 4 is 15.7 Å². The molecule has 1 fully saturated rings. The van der Waals surface area contributed by atoms with Crippen LogP contribution in [-0.2, 0) is 21.1 Å². The van der Waals surface area contributed by atoms with Crippen LogP contribution in [0.25, 0.3) is 0 Å². The van der Waals surface area contributed by atoms with Gasteiger partial charge in [0.15, 0.2) is 9.84 Å². The number of nitrogens with zero attached hydrogens (tertiary/aromatic N) is 1. The van der Waals surface area contributed by atoms with Crippen LogP contribution in [0.2, 0.25) is 0 Å². The molecular formula is C18H18FNO3S. The smallest absolute Gasteiger partial charge is 0.227 e. The zero-order valence-corrected chi connectivity index (χ0v) is 13.9. The van der Waals surface area contributed by atoms with Crippen molar-refractivity contribution in [3.8, 4) is 0 Å². The summed E-state index contributed by atoms with van der Waals surface area (Å²) < 4.78 is 37.3. The number of benzene rings is 2. The van der Waals surface area contributed by atoms with Gasteiger partial charge in [-0.05, 0) is 23.3 Å². The number of carbonyl (C=O) groups excluding carboxylic acids is 1. The lowest BCUT2D eigenvalue weighted by molar-refractivity contribution is -0.132. The second-order valence-corrected chi connectivity index (χ2v) is 8.16. The summed E-state index contributed by atoms with van der Waals surface area (Å²) in [5, 5.41) is 0. The average Bonchev–Trinajstić information content (AvgIpc) is 2.55. The van der Waals surface area contributed by atoms with E-state index in [9.17, 15) is 17.6 Å². The fourth-order valence-corrected chi connectivity index (χ4v) is 4.48.